The summed E-state index contributed by atoms with van der Waals surface area (Å²) in [5.41, 5.74) is 22.2. The Balaban J connectivity index is 1.24. The van der Waals surface area contributed by atoms with E-state index in [2.05, 4.69) is 229 Å². The van der Waals surface area contributed by atoms with Crippen molar-refractivity contribution in [1.29, 1.82) is 0 Å². The van der Waals surface area contributed by atoms with Crippen LogP contribution in [-0.2, 0) is 16.2 Å². The third-order valence-corrected chi connectivity index (χ3v) is 16.3. The summed E-state index contributed by atoms with van der Waals surface area (Å²) in [5.74, 6) is 0. The van der Waals surface area contributed by atoms with Crippen LogP contribution < -0.4 is 20.6 Å². The maximum Gasteiger partial charge on any atom is 0.333 e. The molecule has 318 valence electrons. The second-order valence-corrected chi connectivity index (χ2v) is 22.3. The third kappa shape index (κ3) is 6.20. The van der Waals surface area contributed by atoms with Crippen molar-refractivity contribution in [2.75, 3.05) is 9.71 Å². The van der Waals surface area contributed by atoms with Crippen LogP contribution in [0.25, 0.3) is 53.6 Å². The number of fused-ring (bicyclic) bond motifs is 9. The average Bonchev–Trinajstić information content (AvgIpc) is 3.69. The molecule has 9 aromatic rings. The van der Waals surface area contributed by atoms with Crippen LogP contribution in [0.15, 0.2) is 164 Å². The molecule has 0 saturated carbocycles. The lowest BCUT2D eigenvalue weighted by atomic mass is 9.42. The largest absolute Gasteiger partial charge is 0.376 e. The Kier molecular flexibility index (Phi) is 8.85. The first-order chi connectivity index (χ1) is 31.3. The molecule has 0 saturated heterocycles. The monoisotopic (exact) mass is 858 g/mol. The summed E-state index contributed by atoms with van der Waals surface area (Å²) in [5, 5.41) is 2.67. The average molecular weight is 859 g/mol. The van der Waals surface area contributed by atoms with E-state index in [1.54, 1.807) is 0 Å². The molecule has 1 aliphatic carbocycles. The molecule has 1 aromatic heterocycles. The van der Waals surface area contributed by atoms with Gasteiger partial charge in [-0.25, -0.2) is 0 Å². The number of aryl methyl sites for hydroxylation is 1. The van der Waals surface area contributed by atoms with Gasteiger partial charge in [-0.15, -0.1) is 11.3 Å². The van der Waals surface area contributed by atoms with E-state index in [0.29, 0.717) is 0 Å². The molecule has 0 bridgehead atoms. The van der Waals surface area contributed by atoms with Crippen LogP contribution in [0.2, 0.25) is 0 Å². The maximum absolute atomic E-state index is 2.71. The molecule has 3 heterocycles. The van der Waals surface area contributed by atoms with Crippen molar-refractivity contribution in [3.05, 3.63) is 186 Å². The van der Waals surface area contributed by atoms with Gasteiger partial charge in [-0.3, -0.25) is 0 Å². The van der Waals surface area contributed by atoms with Gasteiger partial charge in [0.25, 0.3) is 0 Å². The predicted octanol–water partition coefficient (Wildman–Crippen LogP) is 16.1. The molecule has 0 fully saturated rings. The minimum absolute atomic E-state index is 0.0277. The summed E-state index contributed by atoms with van der Waals surface area (Å²) < 4.78 is 2.65. The van der Waals surface area contributed by atoms with Crippen LogP contribution in [0.5, 0.6) is 0 Å². The SMILES string of the molecule is Cc1cc(C(C)(C)C)ccc1N1c2cc3c(cc2B2c4c(cc5sc6ccccc6c5c41)-c1ccc(-c4ccccc4)cc1N2c1ccc(-c2ccccc2)cc1)C(C)(C)CCC3(C)C. The second kappa shape index (κ2) is 14.3. The summed E-state index contributed by atoms with van der Waals surface area (Å²) in [7, 11) is 0. The number of rotatable bonds is 4. The number of nitrogens with zero attached hydrogens (tertiary/aromatic N) is 2. The highest BCUT2D eigenvalue weighted by molar-refractivity contribution is 7.26. The fraction of sp³-hybridized carbons (Fsp3) is 0.213. The highest BCUT2D eigenvalue weighted by atomic mass is 32.1. The van der Waals surface area contributed by atoms with Crippen LogP contribution >= 0.6 is 11.3 Å². The van der Waals surface area contributed by atoms with Crippen LogP contribution in [0.3, 0.4) is 0 Å². The van der Waals surface area contributed by atoms with Crippen molar-refractivity contribution in [3.63, 3.8) is 0 Å². The molecule has 2 aliphatic heterocycles. The minimum Gasteiger partial charge on any atom is -0.376 e. The van der Waals surface area contributed by atoms with E-state index >= 15 is 0 Å². The van der Waals surface area contributed by atoms with E-state index in [9.17, 15) is 0 Å². The summed E-state index contributed by atoms with van der Waals surface area (Å²) in [6.07, 6.45) is 2.31. The Morgan fingerprint density at radius 2 is 1.15 bits per heavy atom. The molecule has 0 unspecified atom stereocenters. The summed E-state index contributed by atoms with van der Waals surface area (Å²) in [6, 6.07) is 62.6. The van der Waals surface area contributed by atoms with Gasteiger partial charge in [0.15, 0.2) is 0 Å². The minimum atomic E-state index is -0.101. The molecule has 65 heavy (non-hydrogen) atoms. The lowest BCUT2D eigenvalue weighted by Gasteiger charge is -2.49. The molecular weight excluding hydrogens is 804 g/mol. The molecular formula is C61H55BN2S. The van der Waals surface area contributed by atoms with Crippen LogP contribution in [-0.4, -0.2) is 6.85 Å². The van der Waals surface area contributed by atoms with E-state index in [4.69, 9.17) is 0 Å². The quantitative estimate of drug-likeness (QED) is 0.163. The Morgan fingerprint density at radius 1 is 0.538 bits per heavy atom. The standard InChI is InChI=1S/C61H55BN2S/c1-38-33-43(59(2,3)4)26-30-51(38)63-53-37-49-48(60(5,6)31-32-61(49,7)8)36-50(53)62-57-47(35-55-56(58(57)63)46-21-15-16-22-54(46)65-55)45-29-25-42(40-19-13-10-14-20-40)34-52(45)64(62)44-27-23-41(24-28-44)39-17-11-9-12-18-39/h9-30,33-37H,31-32H2,1-8H3. The summed E-state index contributed by atoms with van der Waals surface area (Å²) in [4.78, 5) is 5.42. The van der Waals surface area contributed by atoms with E-state index < -0.39 is 0 Å². The van der Waals surface area contributed by atoms with Crippen molar-refractivity contribution in [2.45, 2.75) is 84.5 Å². The number of benzene rings is 8. The molecule has 4 heteroatoms. The van der Waals surface area contributed by atoms with E-state index in [0.717, 1.165) is 12.8 Å². The van der Waals surface area contributed by atoms with Gasteiger partial charge < -0.3 is 9.71 Å². The smallest absolute Gasteiger partial charge is 0.333 e. The van der Waals surface area contributed by atoms with Gasteiger partial charge in [-0.2, -0.15) is 0 Å². The van der Waals surface area contributed by atoms with Crippen molar-refractivity contribution < 1.29 is 0 Å². The Morgan fingerprint density at radius 3 is 1.83 bits per heavy atom. The molecule has 0 atom stereocenters. The lowest BCUT2D eigenvalue weighted by molar-refractivity contribution is 0.332. The molecule has 0 amide bonds. The molecule has 0 N–H and O–H groups in total. The lowest BCUT2D eigenvalue weighted by Crippen LogP contribution is -2.62. The normalized spacial score (nSPS) is 15.7. The van der Waals surface area contributed by atoms with Gasteiger partial charge in [-0.1, -0.05) is 170 Å². The molecule has 12 rings (SSSR count). The zero-order valence-corrected chi connectivity index (χ0v) is 39.7. The highest BCUT2D eigenvalue weighted by Gasteiger charge is 2.49. The van der Waals surface area contributed by atoms with E-state index in [1.165, 1.54) is 115 Å². The molecule has 3 aliphatic rings. The number of hydrogen-bond donors (Lipinski definition) is 0. The van der Waals surface area contributed by atoms with Crippen molar-refractivity contribution in [1.82, 2.24) is 0 Å². The van der Waals surface area contributed by atoms with E-state index in [-0.39, 0.29) is 23.1 Å². The second-order valence-electron chi connectivity index (χ2n) is 21.3. The number of anilines is 5. The van der Waals surface area contributed by atoms with Crippen molar-refractivity contribution >= 4 is 77.7 Å². The molecule has 0 spiro atoms. The van der Waals surface area contributed by atoms with Crippen molar-refractivity contribution in [2.24, 2.45) is 0 Å². The maximum atomic E-state index is 2.71. The number of hydrogen-bond acceptors (Lipinski definition) is 3. The van der Waals surface area contributed by atoms with Crippen LogP contribution in [0, 0.1) is 6.92 Å². The highest BCUT2D eigenvalue weighted by Crippen LogP contribution is 2.55. The summed E-state index contributed by atoms with van der Waals surface area (Å²) in [6.45, 7) is 19.1. The zero-order valence-electron chi connectivity index (χ0n) is 38.9. The van der Waals surface area contributed by atoms with E-state index in [1.807, 2.05) is 11.3 Å². The first-order valence-electron chi connectivity index (χ1n) is 23.5. The fourth-order valence-electron chi connectivity index (χ4n) is 11.5. The molecule has 0 radical (unpaired) electrons. The number of thiophene rings is 1. The molecule has 8 aromatic carbocycles. The Hall–Kier alpha value is -6.36. The first kappa shape index (κ1) is 40.2. The van der Waals surface area contributed by atoms with Gasteiger partial charge in [0.05, 0.1) is 5.69 Å². The van der Waals surface area contributed by atoms with Gasteiger partial charge in [0, 0.05) is 48.5 Å². The van der Waals surface area contributed by atoms with Gasteiger partial charge in [-0.05, 0) is 139 Å². The summed E-state index contributed by atoms with van der Waals surface area (Å²) >= 11 is 1.93. The van der Waals surface area contributed by atoms with Crippen molar-refractivity contribution in [3.8, 4) is 33.4 Å². The molecule has 2 nitrogen and oxygen atoms in total. The zero-order chi connectivity index (χ0) is 44.6. The van der Waals surface area contributed by atoms with Crippen LogP contribution in [0.1, 0.15) is 83.6 Å². The Bertz CT molecular complexity index is 3370. The van der Waals surface area contributed by atoms with Gasteiger partial charge in [0.2, 0.25) is 0 Å². The Labute approximate surface area is 389 Å². The van der Waals surface area contributed by atoms with Gasteiger partial charge >= 0.3 is 6.85 Å². The topological polar surface area (TPSA) is 6.48 Å². The first-order valence-corrected chi connectivity index (χ1v) is 24.3. The third-order valence-electron chi connectivity index (χ3n) is 15.2. The van der Waals surface area contributed by atoms with Gasteiger partial charge in [0.1, 0.15) is 0 Å². The van der Waals surface area contributed by atoms with Crippen LogP contribution in [0.4, 0.5) is 28.4 Å². The fourth-order valence-corrected chi connectivity index (χ4v) is 12.6. The predicted molar refractivity (Wildman–Crippen MR) is 283 cm³/mol.